The maximum absolute atomic E-state index is 13.6. The Labute approximate surface area is 632 Å². The molecule has 3 heterocycles. The van der Waals surface area contributed by atoms with Gasteiger partial charge in [-0.1, -0.05) is 328 Å². The van der Waals surface area contributed by atoms with Gasteiger partial charge >= 0.3 is 5.97 Å². The van der Waals surface area contributed by atoms with Crippen molar-refractivity contribution >= 4 is 17.8 Å². The highest BCUT2D eigenvalue weighted by atomic mass is 16.8. The highest BCUT2D eigenvalue weighted by Crippen LogP contribution is 2.39. The molecule has 0 radical (unpaired) electrons. The van der Waals surface area contributed by atoms with Gasteiger partial charge in [0, 0.05) is 19.8 Å². The second-order valence-corrected chi connectivity index (χ2v) is 31.1. The summed E-state index contributed by atoms with van der Waals surface area (Å²) in [4.78, 5) is 38.7. The third-order valence-electron chi connectivity index (χ3n) is 21.7. The van der Waals surface area contributed by atoms with E-state index in [4.69, 9.17) is 28.4 Å². The molecule has 23 heteroatoms. The largest absolute Gasteiger partial charge is 0.477 e. The molecular formula is C82H154N2O21. The molecule has 0 spiro atoms. The summed E-state index contributed by atoms with van der Waals surface area (Å²) in [7, 11) is 0. The van der Waals surface area contributed by atoms with Gasteiger partial charge in [0.25, 0.3) is 5.79 Å². The van der Waals surface area contributed by atoms with E-state index in [-0.39, 0.29) is 12.3 Å². The van der Waals surface area contributed by atoms with Gasteiger partial charge in [-0.3, -0.25) is 9.59 Å². The van der Waals surface area contributed by atoms with E-state index >= 15 is 0 Å². The molecule has 3 fully saturated rings. The van der Waals surface area contributed by atoms with Gasteiger partial charge in [0.05, 0.1) is 50.7 Å². The first-order valence-corrected chi connectivity index (χ1v) is 42.6. The average Bonchev–Trinajstić information content (AvgIpc) is 0.755. The molecule has 618 valence electrons. The van der Waals surface area contributed by atoms with E-state index in [9.17, 15) is 75.7 Å². The van der Waals surface area contributed by atoms with Crippen LogP contribution in [0.1, 0.15) is 355 Å². The summed E-state index contributed by atoms with van der Waals surface area (Å²) in [6.45, 7) is 2.21. The Morgan fingerprint density at radius 2 is 0.886 bits per heavy atom. The van der Waals surface area contributed by atoms with Crippen molar-refractivity contribution in [3.8, 4) is 0 Å². The molecule has 14 N–H and O–H groups in total. The Hall–Kier alpha value is -2.53. The molecule has 0 saturated carbocycles. The number of aliphatic hydroxyl groups is 11. The Morgan fingerprint density at radius 3 is 1.27 bits per heavy atom. The van der Waals surface area contributed by atoms with Gasteiger partial charge < -0.3 is 100 Å². The van der Waals surface area contributed by atoms with Gasteiger partial charge in [-0.2, -0.15) is 0 Å². The molecular weight excluding hydrogens is 1350 g/mol. The summed E-state index contributed by atoms with van der Waals surface area (Å²) in [5, 5.41) is 136. The lowest BCUT2D eigenvalue weighted by molar-refractivity contribution is -0.386. The Bertz CT molecular complexity index is 2140. The number of aliphatic hydroxyl groups excluding tert-OH is 11. The zero-order valence-electron chi connectivity index (χ0n) is 65.6. The SMILES string of the molecule is CCCCCCCCCCCCCCCCCCCC/C=C/C(O)C(COC1OC(CO)C(OC2OC(CO)C(O)C(OC3(C(=O)O)CC(O)C(NC(C)=O)C(C(O)C(O)CO)O3)C2O)C(O)C1O)NC(=O)CCCCCCCCCCCCCCCCCCCCCCCCCCCCCCCCC. The monoisotopic (exact) mass is 1500 g/mol. The van der Waals surface area contributed by atoms with Crippen LogP contribution in [0.25, 0.3) is 0 Å². The Balaban J connectivity index is 1.47. The minimum absolute atomic E-state index is 0.206. The van der Waals surface area contributed by atoms with E-state index in [0.717, 1.165) is 51.9 Å². The number of rotatable bonds is 68. The quantitative estimate of drug-likeness (QED) is 0.0199. The van der Waals surface area contributed by atoms with Crippen LogP contribution in [0.15, 0.2) is 12.2 Å². The number of carbonyl (C=O) groups excluding carboxylic acids is 2. The maximum atomic E-state index is 13.6. The summed E-state index contributed by atoms with van der Waals surface area (Å²) < 4.78 is 34.9. The Morgan fingerprint density at radius 1 is 0.495 bits per heavy atom. The smallest absolute Gasteiger partial charge is 0.364 e. The summed E-state index contributed by atoms with van der Waals surface area (Å²) in [5.41, 5.74) is 0. The van der Waals surface area contributed by atoms with Crippen molar-refractivity contribution in [3.63, 3.8) is 0 Å². The van der Waals surface area contributed by atoms with Crippen LogP contribution in [-0.4, -0.2) is 215 Å². The van der Waals surface area contributed by atoms with Gasteiger partial charge in [-0.15, -0.1) is 0 Å². The number of unbranched alkanes of at least 4 members (excludes halogenated alkanes) is 48. The summed E-state index contributed by atoms with van der Waals surface area (Å²) in [6.07, 6.45) is 38.3. The number of carbonyl (C=O) groups is 3. The second-order valence-electron chi connectivity index (χ2n) is 31.1. The summed E-state index contributed by atoms with van der Waals surface area (Å²) >= 11 is 0. The minimum Gasteiger partial charge on any atom is -0.477 e. The van der Waals surface area contributed by atoms with E-state index in [1.807, 2.05) is 6.08 Å². The maximum Gasteiger partial charge on any atom is 0.364 e. The number of carboxylic acids is 1. The molecule has 3 saturated heterocycles. The molecule has 0 bridgehead atoms. The van der Waals surface area contributed by atoms with E-state index in [1.54, 1.807) is 6.08 Å². The van der Waals surface area contributed by atoms with Crippen molar-refractivity contribution in [1.82, 2.24) is 10.6 Å². The van der Waals surface area contributed by atoms with Crippen molar-refractivity contribution in [2.45, 2.75) is 464 Å². The minimum atomic E-state index is -3.08. The van der Waals surface area contributed by atoms with Crippen LogP contribution in [0, 0.1) is 0 Å². The predicted molar refractivity (Wildman–Crippen MR) is 408 cm³/mol. The van der Waals surface area contributed by atoms with Crippen molar-refractivity contribution in [2.24, 2.45) is 0 Å². The van der Waals surface area contributed by atoms with Crippen molar-refractivity contribution < 1.29 is 104 Å². The topological polar surface area (TPSA) is 373 Å². The number of nitrogens with one attached hydrogen (secondary N) is 2. The van der Waals surface area contributed by atoms with Gasteiger partial charge in [0.1, 0.15) is 67.1 Å². The highest BCUT2D eigenvalue weighted by molar-refractivity contribution is 5.77. The van der Waals surface area contributed by atoms with Gasteiger partial charge in [-0.25, -0.2) is 4.79 Å². The molecule has 3 aliphatic heterocycles. The molecule has 0 aromatic carbocycles. The fourth-order valence-electron chi connectivity index (χ4n) is 15.0. The molecule has 18 atom stereocenters. The lowest BCUT2D eigenvalue weighted by Crippen LogP contribution is -2.70. The Kier molecular flexibility index (Phi) is 56.3. The number of carboxylic acid groups (broad SMARTS) is 1. The third-order valence-corrected chi connectivity index (χ3v) is 21.7. The van der Waals surface area contributed by atoms with Crippen molar-refractivity contribution in [3.05, 3.63) is 12.2 Å². The summed E-state index contributed by atoms with van der Waals surface area (Å²) in [6, 6.07) is -2.62. The van der Waals surface area contributed by atoms with Crippen LogP contribution in [-0.2, 0) is 42.8 Å². The fourth-order valence-corrected chi connectivity index (χ4v) is 15.0. The fraction of sp³-hybridized carbons (Fsp3) is 0.939. The van der Waals surface area contributed by atoms with E-state index in [0.29, 0.717) is 12.8 Å². The van der Waals surface area contributed by atoms with Crippen LogP contribution < -0.4 is 10.6 Å². The predicted octanol–water partition coefficient (Wildman–Crippen LogP) is 12.1. The van der Waals surface area contributed by atoms with Crippen LogP contribution in [0.5, 0.6) is 0 Å². The van der Waals surface area contributed by atoms with Crippen molar-refractivity contribution in [1.29, 1.82) is 0 Å². The highest BCUT2D eigenvalue weighted by Gasteiger charge is 2.60. The van der Waals surface area contributed by atoms with Crippen LogP contribution in [0.4, 0.5) is 0 Å². The lowest BCUT2D eigenvalue weighted by atomic mass is 9.88. The van der Waals surface area contributed by atoms with Crippen LogP contribution in [0.2, 0.25) is 0 Å². The molecule has 0 aromatic rings. The van der Waals surface area contributed by atoms with Gasteiger partial charge in [0.15, 0.2) is 12.6 Å². The summed E-state index contributed by atoms with van der Waals surface area (Å²) in [5.74, 6) is -6.13. The zero-order valence-corrected chi connectivity index (χ0v) is 65.6. The van der Waals surface area contributed by atoms with Crippen LogP contribution in [0.3, 0.4) is 0 Å². The number of ether oxygens (including phenoxy) is 6. The third kappa shape index (κ3) is 41.0. The first-order valence-electron chi connectivity index (χ1n) is 42.6. The van der Waals surface area contributed by atoms with Crippen LogP contribution >= 0.6 is 0 Å². The molecule has 23 nitrogen and oxygen atoms in total. The number of hydrogen-bond donors (Lipinski definition) is 14. The second kappa shape index (κ2) is 61.1. The molecule has 0 aromatic heterocycles. The normalized spacial score (nSPS) is 26.2. The molecule has 2 amide bonds. The standard InChI is InChI=1S/C82H154N2O21/c1-4-6-8-10-12-14-16-18-20-22-24-26-27-28-29-30-31-32-33-34-35-36-38-40-42-44-46-48-50-52-54-56-69(92)84-63(64(89)55-53-51-49-47-45-43-41-39-37-25-23-21-19-17-15-13-11-9-7-5-2)61-100-79-74(96)73(95)76(68(60-87)102-79)103-80-75(97)78(72(94)67(59-86)101-80)105-82(81(98)99)57-65(90)70(83-62(3)88)77(104-82)71(93)66(91)58-85/h53,55,63-68,70-80,85-87,89-91,93-97H,4-52,54,56-61H2,1-3H3,(H,83,88)(H,84,92)(H,98,99)/b55-53+. The van der Waals surface area contributed by atoms with E-state index in [2.05, 4.69) is 24.5 Å². The van der Waals surface area contributed by atoms with E-state index in [1.165, 1.54) is 263 Å². The molecule has 0 aliphatic carbocycles. The number of allylic oxidation sites excluding steroid dienone is 1. The number of aliphatic carboxylic acids is 1. The lowest BCUT2D eigenvalue weighted by Gasteiger charge is -2.50. The molecule has 3 rings (SSSR count). The first kappa shape index (κ1) is 96.7. The zero-order chi connectivity index (χ0) is 76.7. The van der Waals surface area contributed by atoms with Gasteiger partial charge in [0.2, 0.25) is 11.8 Å². The number of amides is 2. The molecule has 18 unspecified atom stereocenters. The average molecular weight is 1500 g/mol. The number of hydrogen-bond acceptors (Lipinski definition) is 20. The molecule has 105 heavy (non-hydrogen) atoms. The molecule has 3 aliphatic rings. The van der Waals surface area contributed by atoms with E-state index < -0.39 is 155 Å². The van der Waals surface area contributed by atoms with Crippen molar-refractivity contribution in [2.75, 3.05) is 26.4 Å². The first-order chi connectivity index (χ1) is 50.9. The van der Waals surface area contributed by atoms with Gasteiger partial charge in [-0.05, 0) is 19.3 Å².